The van der Waals surface area contributed by atoms with Crippen LogP contribution in [0.5, 0.6) is 0 Å². The molecule has 1 rings (SSSR count). The topological polar surface area (TPSA) is 50.9 Å². The average molecular weight is 211 g/mol. The normalized spacial score (nSPS) is 12.8. The van der Waals surface area contributed by atoms with E-state index in [9.17, 15) is 0 Å². The fourth-order valence-electron chi connectivity index (χ4n) is 1.25. The standard InChI is InChI=1S/C10H17N3S/c1-4-5-9(13-11)6-10-12-7(2)8(3)14-10/h4,9,13H,1,5-6,11H2,2-3H3. The molecule has 3 N–H and O–H groups in total. The maximum atomic E-state index is 5.43. The van der Waals surface area contributed by atoms with E-state index in [1.165, 1.54) is 4.88 Å². The van der Waals surface area contributed by atoms with Crippen molar-refractivity contribution >= 4 is 11.3 Å². The van der Waals surface area contributed by atoms with Crippen LogP contribution in [0.2, 0.25) is 0 Å². The molecular weight excluding hydrogens is 194 g/mol. The first kappa shape index (κ1) is 11.4. The summed E-state index contributed by atoms with van der Waals surface area (Å²) in [6.07, 6.45) is 3.62. The van der Waals surface area contributed by atoms with Crippen LogP contribution in [0.15, 0.2) is 12.7 Å². The molecule has 14 heavy (non-hydrogen) atoms. The Kier molecular flexibility index (Phi) is 4.25. The highest BCUT2D eigenvalue weighted by atomic mass is 32.1. The van der Waals surface area contributed by atoms with E-state index in [2.05, 4.69) is 23.9 Å². The van der Waals surface area contributed by atoms with Gasteiger partial charge in [0.15, 0.2) is 0 Å². The van der Waals surface area contributed by atoms with Gasteiger partial charge in [-0.05, 0) is 20.3 Å². The number of hydrazine groups is 1. The van der Waals surface area contributed by atoms with Crippen molar-refractivity contribution in [2.24, 2.45) is 5.84 Å². The number of aromatic nitrogens is 1. The van der Waals surface area contributed by atoms with Gasteiger partial charge in [-0.15, -0.1) is 17.9 Å². The molecule has 0 aliphatic carbocycles. The molecule has 0 aliphatic rings. The third-order valence-corrected chi connectivity index (χ3v) is 3.28. The van der Waals surface area contributed by atoms with E-state index in [0.29, 0.717) is 0 Å². The van der Waals surface area contributed by atoms with Crippen molar-refractivity contribution in [3.05, 3.63) is 28.2 Å². The number of nitrogens with two attached hydrogens (primary N) is 1. The highest BCUT2D eigenvalue weighted by Gasteiger charge is 2.09. The molecule has 78 valence electrons. The molecule has 1 unspecified atom stereocenters. The lowest BCUT2D eigenvalue weighted by molar-refractivity contribution is 0.530. The van der Waals surface area contributed by atoms with Crippen LogP contribution in [-0.2, 0) is 6.42 Å². The van der Waals surface area contributed by atoms with Crippen LogP contribution in [0.4, 0.5) is 0 Å². The zero-order valence-electron chi connectivity index (χ0n) is 8.71. The van der Waals surface area contributed by atoms with Gasteiger partial charge in [0.1, 0.15) is 0 Å². The van der Waals surface area contributed by atoms with Crippen molar-refractivity contribution in [1.82, 2.24) is 10.4 Å². The van der Waals surface area contributed by atoms with Crippen molar-refractivity contribution in [2.45, 2.75) is 32.7 Å². The average Bonchev–Trinajstić information content (AvgIpc) is 2.45. The number of hydrogen-bond donors (Lipinski definition) is 2. The number of rotatable bonds is 5. The first-order chi connectivity index (χ1) is 6.67. The summed E-state index contributed by atoms with van der Waals surface area (Å²) >= 11 is 1.74. The van der Waals surface area contributed by atoms with Crippen LogP contribution < -0.4 is 11.3 Å². The van der Waals surface area contributed by atoms with Crippen molar-refractivity contribution < 1.29 is 0 Å². The Bertz CT molecular complexity index is 287. The van der Waals surface area contributed by atoms with Gasteiger partial charge in [0.25, 0.3) is 0 Å². The molecule has 0 aromatic carbocycles. The number of hydrogen-bond acceptors (Lipinski definition) is 4. The molecule has 1 aromatic rings. The SMILES string of the molecule is C=CCC(Cc1nc(C)c(C)s1)NN. The predicted molar refractivity (Wildman–Crippen MR) is 61.2 cm³/mol. The van der Waals surface area contributed by atoms with Gasteiger partial charge >= 0.3 is 0 Å². The molecule has 0 amide bonds. The first-order valence-corrected chi connectivity index (χ1v) is 5.49. The zero-order chi connectivity index (χ0) is 10.6. The lowest BCUT2D eigenvalue weighted by Gasteiger charge is -2.10. The monoisotopic (exact) mass is 211 g/mol. The Morgan fingerprint density at radius 3 is 2.79 bits per heavy atom. The Morgan fingerprint density at radius 2 is 2.36 bits per heavy atom. The fraction of sp³-hybridized carbons (Fsp3) is 0.500. The zero-order valence-corrected chi connectivity index (χ0v) is 9.53. The largest absolute Gasteiger partial charge is 0.271 e. The molecule has 0 saturated heterocycles. The van der Waals surface area contributed by atoms with Gasteiger partial charge in [-0.3, -0.25) is 11.3 Å². The van der Waals surface area contributed by atoms with Crippen LogP contribution in [-0.4, -0.2) is 11.0 Å². The summed E-state index contributed by atoms with van der Waals surface area (Å²) in [5.74, 6) is 5.43. The van der Waals surface area contributed by atoms with E-state index in [1.807, 2.05) is 13.0 Å². The summed E-state index contributed by atoms with van der Waals surface area (Å²) in [4.78, 5) is 5.76. The van der Waals surface area contributed by atoms with E-state index in [1.54, 1.807) is 11.3 Å². The maximum Gasteiger partial charge on any atom is 0.0947 e. The molecule has 4 heteroatoms. The van der Waals surface area contributed by atoms with Crippen LogP contribution in [0.25, 0.3) is 0 Å². The number of nitrogens with one attached hydrogen (secondary N) is 1. The van der Waals surface area contributed by atoms with Crippen LogP contribution in [0, 0.1) is 13.8 Å². The molecule has 0 spiro atoms. The molecule has 0 fully saturated rings. The number of aryl methyl sites for hydroxylation is 2. The molecule has 1 atom stereocenters. The second kappa shape index (κ2) is 5.24. The molecule has 1 aromatic heterocycles. The van der Waals surface area contributed by atoms with Gasteiger partial charge in [-0.2, -0.15) is 0 Å². The van der Waals surface area contributed by atoms with Crippen molar-refractivity contribution in [1.29, 1.82) is 0 Å². The van der Waals surface area contributed by atoms with Gasteiger partial charge in [0.05, 0.1) is 10.7 Å². The second-order valence-corrected chi connectivity index (χ2v) is 4.63. The number of nitrogens with zero attached hydrogens (tertiary/aromatic N) is 1. The molecule has 3 nitrogen and oxygen atoms in total. The van der Waals surface area contributed by atoms with Crippen molar-refractivity contribution in [3.8, 4) is 0 Å². The molecule has 0 saturated carbocycles. The molecule has 0 aliphatic heterocycles. The minimum absolute atomic E-state index is 0.248. The van der Waals surface area contributed by atoms with Crippen molar-refractivity contribution in [3.63, 3.8) is 0 Å². The van der Waals surface area contributed by atoms with E-state index < -0.39 is 0 Å². The highest BCUT2D eigenvalue weighted by molar-refractivity contribution is 7.11. The lowest BCUT2D eigenvalue weighted by atomic mass is 10.1. The Hall–Kier alpha value is -0.710. The van der Waals surface area contributed by atoms with Gasteiger partial charge in [-0.1, -0.05) is 6.08 Å². The molecule has 1 heterocycles. The summed E-state index contributed by atoms with van der Waals surface area (Å²) in [6, 6.07) is 0.248. The highest BCUT2D eigenvalue weighted by Crippen LogP contribution is 2.18. The van der Waals surface area contributed by atoms with Crippen LogP contribution in [0.3, 0.4) is 0 Å². The van der Waals surface area contributed by atoms with Gasteiger partial charge in [0, 0.05) is 17.3 Å². The minimum atomic E-state index is 0.248. The summed E-state index contributed by atoms with van der Waals surface area (Å²) in [5, 5.41) is 1.14. The Labute approximate surface area is 89.0 Å². The second-order valence-electron chi connectivity index (χ2n) is 3.34. The summed E-state index contributed by atoms with van der Waals surface area (Å²) < 4.78 is 0. The fourth-order valence-corrected chi connectivity index (χ4v) is 2.26. The molecular formula is C10H17N3S. The lowest BCUT2D eigenvalue weighted by Crippen LogP contribution is -2.36. The summed E-state index contributed by atoms with van der Waals surface area (Å²) in [5.41, 5.74) is 3.90. The molecule has 0 bridgehead atoms. The first-order valence-electron chi connectivity index (χ1n) is 4.67. The molecule has 0 radical (unpaired) electrons. The minimum Gasteiger partial charge on any atom is -0.271 e. The van der Waals surface area contributed by atoms with E-state index in [0.717, 1.165) is 23.5 Å². The quantitative estimate of drug-likeness (QED) is 0.443. The van der Waals surface area contributed by atoms with E-state index in [4.69, 9.17) is 5.84 Å². The Balaban J connectivity index is 2.61. The number of thiazole rings is 1. The van der Waals surface area contributed by atoms with Gasteiger partial charge in [0.2, 0.25) is 0 Å². The Morgan fingerprint density at radius 1 is 1.64 bits per heavy atom. The van der Waals surface area contributed by atoms with Crippen LogP contribution in [0.1, 0.15) is 22.0 Å². The summed E-state index contributed by atoms with van der Waals surface area (Å²) in [7, 11) is 0. The summed E-state index contributed by atoms with van der Waals surface area (Å²) in [6.45, 7) is 7.83. The van der Waals surface area contributed by atoms with E-state index in [-0.39, 0.29) is 6.04 Å². The maximum absolute atomic E-state index is 5.43. The van der Waals surface area contributed by atoms with Crippen molar-refractivity contribution in [2.75, 3.05) is 0 Å². The van der Waals surface area contributed by atoms with Gasteiger partial charge in [-0.25, -0.2) is 4.98 Å². The van der Waals surface area contributed by atoms with E-state index >= 15 is 0 Å². The smallest absolute Gasteiger partial charge is 0.0947 e. The van der Waals surface area contributed by atoms with Crippen LogP contribution >= 0.6 is 11.3 Å². The third kappa shape index (κ3) is 2.90. The third-order valence-electron chi connectivity index (χ3n) is 2.18. The van der Waals surface area contributed by atoms with Gasteiger partial charge < -0.3 is 0 Å². The predicted octanol–water partition coefficient (Wildman–Crippen LogP) is 1.71.